The average Bonchev–Trinajstić information content (AvgIpc) is 2.79. The molecule has 6 heteroatoms. The molecule has 2 rings (SSSR count). The van der Waals surface area contributed by atoms with Crippen LogP contribution in [0.4, 0.5) is 10.7 Å². The predicted octanol–water partition coefficient (Wildman–Crippen LogP) is 4.18. The van der Waals surface area contributed by atoms with E-state index in [2.05, 4.69) is 47.0 Å². The van der Waals surface area contributed by atoms with Gasteiger partial charge in [-0.1, -0.05) is 17.4 Å². The largest absolute Gasteiger partial charge is 0.380 e. The summed E-state index contributed by atoms with van der Waals surface area (Å²) in [5.74, 6) is 0. The van der Waals surface area contributed by atoms with Gasteiger partial charge in [0.15, 0.2) is 0 Å². The molecule has 0 spiro atoms. The zero-order valence-electron chi connectivity index (χ0n) is 9.64. The Balaban J connectivity index is 2.02. The summed E-state index contributed by atoms with van der Waals surface area (Å²) in [6.07, 6.45) is 0. The summed E-state index contributed by atoms with van der Waals surface area (Å²) in [7, 11) is 0. The first-order chi connectivity index (χ1) is 8.56. The number of thiophene rings is 1. The van der Waals surface area contributed by atoms with Gasteiger partial charge in [0.05, 0.1) is 4.92 Å². The van der Waals surface area contributed by atoms with E-state index in [9.17, 15) is 10.1 Å². The van der Waals surface area contributed by atoms with Gasteiger partial charge >= 0.3 is 5.00 Å². The lowest BCUT2D eigenvalue weighted by Gasteiger charge is -2.06. The second kappa shape index (κ2) is 5.66. The summed E-state index contributed by atoms with van der Waals surface area (Å²) in [6, 6.07) is 9.47. The Morgan fingerprint density at radius 1 is 1.39 bits per heavy atom. The average molecular weight is 374 g/mol. The van der Waals surface area contributed by atoms with Gasteiger partial charge in [0, 0.05) is 26.7 Å². The molecule has 0 atom stereocenters. The molecule has 1 aromatic heterocycles. The van der Waals surface area contributed by atoms with Crippen LogP contribution in [-0.4, -0.2) is 4.92 Å². The van der Waals surface area contributed by atoms with Gasteiger partial charge in [-0.05, 0) is 53.3 Å². The molecule has 1 heterocycles. The van der Waals surface area contributed by atoms with Crippen LogP contribution in [0.2, 0.25) is 0 Å². The number of nitrogens with one attached hydrogen (secondary N) is 1. The van der Waals surface area contributed by atoms with Crippen molar-refractivity contribution < 1.29 is 4.92 Å². The molecule has 2 aromatic rings. The quantitative estimate of drug-likeness (QED) is 0.496. The van der Waals surface area contributed by atoms with Crippen LogP contribution in [0.1, 0.15) is 10.4 Å². The van der Waals surface area contributed by atoms with E-state index in [4.69, 9.17) is 0 Å². The van der Waals surface area contributed by atoms with Gasteiger partial charge < -0.3 is 5.32 Å². The zero-order valence-corrected chi connectivity index (χ0v) is 12.6. The molecule has 0 unspecified atom stereocenters. The molecule has 18 heavy (non-hydrogen) atoms. The van der Waals surface area contributed by atoms with Crippen molar-refractivity contribution in [3.63, 3.8) is 0 Å². The van der Waals surface area contributed by atoms with E-state index >= 15 is 0 Å². The highest BCUT2D eigenvalue weighted by molar-refractivity contribution is 14.1. The van der Waals surface area contributed by atoms with E-state index in [1.807, 2.05) is 6.07 Å². The van der Waals surface area contributed by atoms with Gasteiger partial charge in [-0.15, -0.1) is 0 Å². The molecule has 0 amide bonds. The van der Waals surface area contributed by atoms with E-state index < -0.39 is 0 Å². The Morgan fingerprint density at radius 2 is 2.17 bits per heavy atom. The lowest BCUT2D eigenvalue weighted by atomic mass is 10.2. The number of aryl methyl sites for hydroxylation is 1. The Kier molecular flexibility index (Phi) is 4.18. The van der Waals surface area contributed by atoms with Crippen LogP contribution in [0, 0.1) is 20.6 Å². The molecule has 0 saturated carbocycles. The van der Waals surface area contributed by atoms with Crippen LogP contribution >= 0.6 is 33.9 Å². The molecular formula is C12H11IN2O2S. The number of anilines is 1. The van der Waals surface area contributed by atoms with Crippen molar-refractivity contribution in [2.45, 2.75) is 13.5 Å². The third kappa shape index (κ3) is 3.20. The summed E-state index contributed by atoms with van der Waals surface area (Å²) in [6.45, 7) is 2.67. The fraction of sp³-hybridized carbons (Fsp3) is 0.167. The summed E-state index contributed by atoms with van der Waals surface area (Å²) in [4.78, 5) is 11.2. The highest BCUT2D eigenvalue weighted by Gasteiger charge is 2.09. The molecule has 1 N–H and O–H groups in total. The van der Waals surface area contributed by atoms with E-state index in [0.717, 1.165) is 10.6 Å². The normalized spacial score (nSPS) is 10.3. The van der Waals surface area contributed by atoms with Gasteiger partial charge in [-0.25, -0.2) is 0 Å². The maximum Gasteiger partial charge on any atom is 0.324 e. The van der Waals surface area contributed by atoms with Crippen LogP contribution in [0.5, 0.6) is 0 Å². The third-order valence-corrected chi connectivity index (χ3v) is 4.67. The minimum absolute atomic E-state index is 0.185. The number of halogens is 1. The van der Waals surface area contributed by atoms with Crippen molar-refractivity contribution in [1.29, 1.82) is 0 Å². The Labute approximate surface area is 122 Å². The van der Waals surface area contributed by atoms with Gasteiger partial charge in [0.1, 0.15) is 0 Å². The third-order valence-electron chi connectivity index (χ3n) is 2.47. The van der Waals surface area contributed by atoms with Crippen LogP contribution < -0.4 is 5.32 Å². The maximum atomic E-state index is 10.6. The second-order valence-corrected chi connectivity index (χ2v) is 6.12. The molecule has 94 valence electrons. The fourth-order valence-corrected chi connectivity index (χ4v) is 2.73. The number of hydrogen-bond acceptors (Lipinski definition) is 4. The number of nitrogens with zero attached hydrogens (tertiary/aromatic N) is 1. The zero-order chi connectivity index (χ0) is 13.1. The van der Waals surface area contributed by atoms with Crippen LogP contribution in [0.15, 0.2) is 30.3 Å². The second-order valence-electron chi connectivity index (χ2n) is 3.81. The minimum atomic E-state index is -0.358. The van der Waals surface area contributed by atoms with Crippen molar-refractivity contribution in [2.75, 3.05) is 5.32 Å². The lowest BCUT2D eigenvalue weighted by Crippen LogP contribution is -1.97. The van der Waals surface area contributed by atoms with Crippen LogP contribution in [-0.2, 0) is 6.54 Å². The smallest absolute Gasteiger partial charge is 0.324 e. The molecular weight excluding hydrogens is 363 g/mol. The summed E-state index contributed by atoms with van der Waals surface area (Å²) in [5, 5.41) is 14.0. The van der Waals surface area contributed by atoms with Gasteiger partial charge in [-0.2, -0.15) is 0 Å². The Hall–Kier alpha value is -1.15. The Bertz CT molecular complexity index is 583. The van der Waals surface area contributed by atoms with E-state index in [1.165, 1.54) is 20.5 Å². The first-order valence-electron chi connectivity index (χ1n) is 5.29. The van der Waals surface area contributed by atoms with Crippen molar-refractivity contribution in [2.24, 2.45) is 0 Å². The standard InChI is InChI=1S/C12H11IN2O2S/c1-8-2-3-9(6-11(8)13)14-7-10-4-5-12(18-10)15(16)17/h2-6,14H,7H2,1H3. The molecule has 0 fully saturated rings. The van der Waals surface area contributed by atoms with Gasteiger partial charge in [0.25, 0.3) is 0 Å². The molecule has 0 aliphatic heterocycles. The molecule has 0 aliphatic carbocycles. The van der Waals surface area contributed by atoms with Crippen LogP contribution in [0.3, 0.4) is 0 Å². The Morgan fingerprint density at radius 3 is 2.78 bits per heavy atom. The van der Waals surface area contributed by atoms with E-state index in [1.54, 1.807) is 12.1 Å². The van der Waals surface area contributed by atoms with Gasteiger partial charge in [0.2, 0.25) is 0 Å². The number of rotatable bonds is 4. The topological polar surface area (TPSA) is 55.2 Å². The highest BCUT2D eigenvalue weighted by atomic mass is 127. The summed E-state index contributed by atoms with van der Waals surface area (Å²) < 4.78 is 1.20. The van der Waals surface area contributed by atoms with Gasteiger partial charge in [-0.3, -0.25) is 10.1 Å². The summed E-state index contributed by atoms with van der Waals surface area (Å²) in [5.41, 5.74) is 2.27. The number of nitro groups is 1. The SMILES string of the molecule is Cc1ccc(NCc2ccc([N+](=O)[O-])s2)cc1I. The van der Waals surface area contributed by atoms with Crippen molar-refractivity contribution in [3.05, 3.63) is 54.5 Å². The lowest BCUT2D eigenvalue weighted by molar-refractivity contribution is -0.380. The maximum absolute atomic E-state index is 10.6. The van der Waals surface area contributed by atoms with Crippen molar-refractivity contribution >= 4 is 44.6 Å². The molecule has 4 nitrogen and oxygen atoms in total. The molecule has 0 aliphatic rings. The minimum Gasteiger partial charge on any atom is -0.380 e. The van der Waals surface area contributed by atoms with E-state index in [0.29, 0.717) is 6.54 Å². The van der Waals surface area contributed by atoms with E-state index in [-0.39, 0.29) is 9.92 Å². The fourth-order valence-electron chi connectivity index (χ4n) is 1.45. The molecule has 1 aromatic carbocycles. The van der Waals surface area contributed by atoms with Crippen molar-refractivity contribution in [1.82, 2.24) is 0 Å². The monoisotopic (exact) mass is 374 g/mol. The first-order valence-corrected chi connectivity index (χ1v) is 7.19. The number of benzene rings is 1. The molecule has 0 bridgehead atoms. The predicted molar refractivity (Wildman–Crippen MR) is 82.2 cm³/mol. The highest BCUT2D eigenvalue weighted by Crippen LogP contribution is 2.25. The first kappa shape index (κ1) is 13.3. The molecule has 0 radical (unpaired) electrons. The van der Waals surface area contributed by atoms with Crippen molar-refractivity contribution in [3.8, 4) is 0 Å². The number of hydrogen-bond donors (Lipinski definition) is 1. The molecule has 0 saturated heterocycles. The van der Waals surface area contributed by atoms with Crippen LogP contribution in [0.25, 0.3) is 0 Å². The summed E-state index contributed by atoms with van der Waals surface area (Å²) >= 11 is 3.49.